The molecule has 3 nitrogen and oxygen atoms in total. The molecule has 0 aromatic heterocycles. The Labute approximate surface area is 89.7 Å². The van der Waals surface area contributed by atoms with Gasteiger partial charge in [0.25, 0.3) is 0 Å². The van der Waals surface area contributed by atoms with E-state index in [1.807, 2.05) is 0 Å². The highest BCUT2D eigenvalue weighted by atomic mass is 16.1. The van der Waals surface area contributed by atoms with Crippen LogP contribution in [0, 0.1) is 0 Å². The van der Waals surface area contributed by atoms with Crippen molar-refractivity contribution in [2.75, 3.05) is 18.4 Å². The summed E-state index contributed by atoms with van der Waals surface area (Å²) in [7, 11) is 0. The molecule has 1 aliphatic rings. The summed E-state index contributed by atoms with van der Waals surface area (Å²) in [5.41, 5.74) is 8.87. The van der Waals surface area contributed by atoms with Crippen molar-refractivity contribution in [2.24, 2.45) is 5.73 Å². The predicted octanol–water partition coefficient (Wildman–Crippen LogP) is 1.29. The molecule has 0 radical (unpaired) electrons. The summed E-state index contributed by atoms with van der Waals surface area (Å²) in [6.07, 6.45) is 0.997. The lowest BCUT2D eigenvalue weighted by molar-refractivity contribution is -0.118. The third kappa shape index (κ3) is 1.75. The molecule has 1 heterocycles. The molecule has 0 saturated heterocycles. The summed E-state index contributed by atoms with van der Waals surface area (Å²) in [6.45, 7) is 2.94. The summed E-state index contributed by atoms with van der Waals surface area (Å²) < 4.78 is 0. The average Bonchev–Trinajstić information content (AvgIpc) is 2.70. The lowest BCUT2D eigenvalue weighted by Gasteiger charge is -2.08. The van der Waals surface area contributed by atoms with Crippen LogP contribution in [0.25, 0.3) is 0 Å². The zero-order valence-corrected chi connectivity index (χ0v) is 8.92. The Bertz CT molecular complexity index is 387. The van der Waals surface area contributed by atoms with E-state index in [1.165, 1.54) is 5.56 Å². The predicted molar refractivity (Wildman–Crippen MR) is 61.1 cm³/mol. The molecule has 3 N–H and O–H groups in total. The SMILES string of the molecule is CCc1ccc2c(c1)C(C(=O)CN)CN2. The summed E-state index contributed by atoms with van der Waals surface area (Å²) in [4.78, 5) is 11.6. The zero-order valence-electron chi connectivity index (χ0n) is 8.92. The highest BCUT2D eigenvalue weighted by molar-refractivity contribution is 5.91. The van der Waals surface area contributed by atoms with Crippen LogP contribution in [0.2, 0.25) is 0 Å². The van der Waals surface area contributed by atoms with Crippen LogP contribution in [0.3, 0.4) is 0 Å². The number of hydrogen-bond donors (Lipinski definition) is 2. The van der Waals surface area contributed by atoms with Crippen LogP contribution >= 0.6 is 0 Å². The van der Waals surface area contributed by atoms with Crippen molar-refractivity contribution in [1.29, 1.82) is 0 Å². The molecule has 0 amide bonds. The number of Topliss-reactive ketones (excluding diaryl/α,β-unsaturated/α-hetero) is 1. The maximum atomic E-state index is 11.6. The molecule has 15 heavy (non-hydrogen) atoms. The van der Waals surface area contributed by atoms with Crippen LogP contribution in [-0.2, 0) is 11.2 Å². The Morgan fingerprint density at radius 2 is 2.40 bits per heavy atom. The van der Waals surface area contributed by atoms with Crippen molar-refractivity contribution < 1.29 is 4.79 Å². The van der Waals surface area contributed by atoms with Gasteiger partial charge in [0, 0.05) is 12.2 Å². The largest absolute Gasteiger partial charge is 0.384 e. The monoisotopic (exact) mass is 204 g/mol. The zero-order chi connectivity index (χ0) is 10.8. The van der Waals surface area contributed by atoms with Gasteiger partial charge in [0.15, 0.2) is 5.78 Å². The second-order valence-electron chi connectivity index (χ2n) is 3.88. The van der Waals surface area contributed by atoms with Gasteiger partial charge in [-0.25, -0.2) is 0 Å². The molecule has 1 aliphatic heterocycles. The molecule has 2 rings (SSSR count). The van der Waals surface area contributed by atoms with Gasteiger partial charge in [0.2, 0.25) is 0 Å². The fourth-order valence-electron chi connectivity index (χ4n) is 2.03. The Kier molecular flexibility index (Phi) is 2.73. The summed E-state index contributed by atoms with van der Waals surface area (Å²) in [5, 5.41) is 3.24. The van der Waals surface area contributed by atoms with Crippen LogP contribution in [0.15, 0.2) is 18.2 Å². The van der Waals surface area contributed by atoms with E-state index < -0.39 is 0 Å². The van der Waals surface area contributed by atoms with E-state index >= 15 is 0 Å². The van der Waals surface area contributed by atoms with Crippen LogP contribution in [0.1, 0.15) is 24.0 Å². The molecular weight excluding hydrogens is 188 g/mol. The standard InChI is InChI=1S/C12H16N2O/c1-2-8-3-4-11-9(5-8)10(7-14-11)12(15)6-13/h3-5,10,14H,2,6-7,13H2,1H3. The van der Waals surface area contributed by atoms with E-state index in [0.29, 0.717) is 6.54 Å². The number of rotatable bonds is 3. The molecule has 1 atom stereocenters. The Morgan fingerprint density at radius 1 is 1.60 bits per heavy atom. The van der Waals surface area contributed by atoms with Gasteiger partial charge in [-0.2, -0.15) is 0 Å². The van der Waals surface area contributed by atoms with Crippen LogP contribution in [0.5, 0.6) is 0 Å². The molecule has 1 aromatic carbocycles. The van der Waals surface area contributed by atoms with Crippen molar-refractivity contribution in [2.45, 2.75) is 19.3 Å². The van der Waals surface area contributed by atoms with E-state index in [4.69, 9.17) is 5.73 Å². The first kappa shape index (κ1) is 10.2. The van der Waals surface area contributed by atoms with Gasteiger partial charge >= 0.3 is 0 Å². The van der Waals surface area contributed by atoms with Gasteiger partial charge in [0.05, 0.1) is 12.5 Å². The van der Waals surface area contributed by atoms with Gasteiger partial charge in [-0.15, -0.1) is 0 Å². The van der Waals surface area contributed by atoms with Gasteiger partial charge in [-0.05, 0) is 23.6 Å². The van der Waals surface area contributed by atoms with Gasteiger partial charge in [-0.3, -0.25) is 4.79 Å². The number of carbonyl (C=O) groups excluding carboxylic acids is 1. The minimum absolute atomic E-state index is 0.0449. The minimum atomic E-state index is -0.0449. The molecule has 0 bridgehead atoms. The Morgan fingerprint density at radius 3 is 3.07 bits per heavy atom. The number of nitrogens with one attached hydrogen (secondary N) is 1. The first-order chi connectivity index (χ1) is 7.26. The smallest absolute Gasteiger partial charge is 0.155 e. The fraction of sp³-hybridized carbons (Fsp3) is 0.417. The van der Waals surface area contributed by atoms with Crippen LogP contribution in [-0.4, -0.2) is 18.9 Å². The lowest BCUT2D eigenvalue weighted by atomic mass is 9.95. The molecule has 1 aromatic rings. The Hall–Kier alpha value is -1.35. The number of fused-ring (bicyclic) bond motifs is 1. The second-order valence-corrected chi connectivity index (χ2v) is 3.88. The third-order valence-electron chi connectivity index (χ3n) is 2.99. The van der Waals surface area contributed by atoms with Crippen LogP contribution in [0.4, 0.5) is 5.69 Å². The number of benzene rings is 1. The lowest BCUT2D eigenvalue weighted by Crippen LogP contribution is -2.22. The normalized spacial score (nSPS) is 18.4. The van der Waals surface area contributed by atoms with E-state index in [0.717, 1.165) is 17.7 Å². The topological polar surface area (TPSA) is 55.1 Å². The quantitative estimate of drug-likeness (QED) is 0.780. The number of aryl methyl sites for hydroxylation is 1. The molecule has 0 saturated carbocycles. The van der Waals surface area contributed by atoms with Gasteiger partial charge in [-0.1, -0.05) is 19.1 Å². The molecule has 3 heteroatoms. The van der Waals surface area contributed by atoms with Gasteiger partial charge in [0.1, 0.15) is 0 Å². The van der Waals surface area contributed by atoms with Crippen molar-refractivity contribution in [3.8, 4) is 0 Å². The molecule has 0 spiro atoms. The van der Waals surface area contributed by atoms with Crippen molar-refractivity contribution in [3.63, 3.8) is 0 Å². The highest BCUT2D eigenvalue weighted by Gasteiger charge is 2.27. The minimum Gasteiger partial charge on any atom is -0.384 e. The molecule has 1 unspecified atom stereocenters. The second kappa shape index (κ2) is 4.03. The summed E-state index contributed by atoms with van der Waals surface area (Å²) >= 11 is 0. The van der Waals surface area contributed by atoms with Crippen LogP contribution < -0.4 is 11.1 Å². The van der Waals surface area contributed by atoms with Gasteiger partial charge < -0.3 is 11.1 Å². The Balaban J connectivity index is 2.35. The van der Waals surface area contributed by atoms with Crippen molar-refractivity contribution in [1.82, 2.24) is 0 Å². The summed E-state index contributed by atoms with van der Waals surface area (Å²) in [6, 6.07) is 6.27. The number of nitrogens with two attached hydrogens (primary N) is 1. The maximum absolute atomic E-state index is 11.6. The van der Waals surface area contributed by atoms with Crippen molar-refractivity contribution in [3.05, 3.63) is 29.3 Å². The highest BCUT2D eigenvalue weighted by Crippen LogP contribution is 2.32. The first-order valence-corrected chi connectivity index (χ1v) is 5.35. The van der Waals surface area contributed by atoms with E-state index in [1.54, 1.807) is 0 Å². The maximum Gasteiger partial charge on any atom is 0.155 e. The molecular formula is C12H16N2O. The number of anilines is 1. The fourth-order valence-corrected chi connectivity index (χ4v) is 2.03. The number of carbonyl (C=O) groups is 1. The van der Waals surface area contributed by atoms with E-state index in [2.05, 4.69) is 30.4 Å². The first-order valence-electron chi connectivity index (χ1n) is 5.35. The molecule has 0 aliphatic carbocycles. The average molecular weight is 204 g/mol. The summed E-state index contributed by atoms with van der Waals surface area (Å²) in [5.74, 6) is 0.0750. The number of hydrogen-bond acceptors (Lipinski definition) is 3. The molecule has 80 valence electrons. The third-order valence-corrected chi connectivity index (χ3v) is 2.99. The van der Waals surface area contributed by atoms with Crippen molar-refractivity contribution >= 4 is 11.5 Å². The molecule has 0 fully saturated rings. The number of ketones is 1. The van der Waals surface area contributed by atoms with E-state index in [9.17, 15) is 4.79 Å². The van der Waals surface area contributed by atoms with E-state index in [-0.39, 0.29) is 18.2 Å².